The summed E-state index contributed by atoms with van der Waals surface area (Å²) in [6.45, 7) is 6.00. The molecule has 0 aromatic rings. The highest BCUT2D eigenvalue weighted by atomic mass is 16.5. The maximum Gasteiger partial charge on any atom is 0.242 e. The van der Waals surface area contributed by atoms with Crippen molar-refractivity contribution < 1.29 is 9.53 Å². The first-order chi connectivity index (χ1) is 7.81. The second-order valence-corrected chi connectivity index (χ2v) is 4.81. The summed E-state index contributed by atoms with van der Waals surface area (Å²) in [4.78, 5) is 14.3. The van der Waals surface area contributed by atoms with E-state index >= 15 is 0 Å². The largest absolute Gasteiger partial charge is 0.378 e. The normalized spacial score (nSPS) is 25.4. The van der Waals surface area contributed by atoms with Gasteiger partial charge in [-0.05, 0) is 25.2 Å². The Balaban J connectivity index is 1.86. The minimum atomic E-state index is -0.112. The quantitative estimate of drug-likeness (QED) is 0.747. The third-order valence-electron chi connectivity index (χ3n) is 3.20. The van der Waals surface area contributed by atoms with Gasteiger partial charge in [0.25, 0.3) is 0 Å². The van der Waals surface area contributed by atoms with Gasteiger partial charge in [0.05, 0.1) is 13.2 Å². The van der Waals surface area contributed by atoms with Crippen LogP contribution in [0.4, 0.5) is 0 Å². The molecule has 0 spiro atoms. The van der Waals surface area contributed by atoms with Crippen molar-refractivity contribution in [1.29, 1.82) is 0 Å². The molecule has 0 radical (unpaired) electrons. The number of nitrogens with zero attached hydrogens (tertiary/aromatic N) is 1. The third kappa shape index (κ3) is 3.19. The van der Waals surface area contributed by atoms with E-state index in [2.05, 4.69) is 12.2 Å². The zero-order chi connectivity index (χ0) is 11.4. The lowest BCUT2D eigenvalue weighted by Gasteiger charge is -2.30. The predicted octanol–water partition coefficient (Wildman–Crippen LogP) is 0.623. The van der Waals surface area contributed by atoms with Crippen molar-refractivity contribution in [1.82, 2.24) is 10.2 Å². The molecule has 0 aromatic carbocycles. The van der Waals surface area contributed by atoms with E-state index in [-0.39, 0.29) is 11.9 Å². The molecule has 1 atom stereocenters. The standard InChI is InChI=1S/C12H22N2O2/c1-2-6-14(8-10-3-4-10)12(15)11-9-16-7-5-13-11/h10-11,13H,2-9H2,1H3. The molecule has 0 aromatic heterocycles. The Kier molecular flexibility index (Phi) is 4.18. The fraction of sp³-hybridized carbons (Fsp3) is 0.917. The van der Waals surface area contributed by atoms with E-state index in [0.29, 0.717) is 6.61 Å². The molecule has 1 saturated heterocycles. The zero-order valence-electron chi connectivity index (χ0n) is 10.1. The number of rotatable bonds is 5. The van der Waals surface area contributed by atoms with Gasteiger partial charge in [0.2, 0.25) is 5.91 Å². The highest BCUT2D eigenvalue weighted by Crippen LogP contribution is 2.29. The van der Waals surface area contributed by atoms with Gasteiger partial charge in [-0.2, -0.15) is 0 Å². The molecule has 1 aliphatic heterocycles. The van der Waals surface area contributed by atoms with Gasteiger partial charge in [-0.3, -0.25) is 4.79 Å². The molecule has 2 rings (SSSR count). The van der Waals surface area contributed by atoms with Crippen LogP contribution in [0.25, 0.3) is 0 Å². The minimum absolute atomic E-state index is 0.112. The average molecular weight is 226 g/mol. The molecule has 1 N–H and O–H groups in total. The molecule has 4 nitrogen and oxygen atoms in total. The predicted molar refractivity (Wildman–Crippen MR) is 62.2 cm³/mol. The topological polar surface area (TPSA) is 41.6 Å². The van der Waals surface area contributed by atoms with Crippen LogP contribution < -0.4 is 5.32 Å². The van der Waals surface area contributed by atoms with Crippen LogP contribution in [0.1, 0.15) is 26.2 Å². The molecule has 1 aliphatic carbocycles. The van der Waals surface area contributed by atoms with Crippen molar-refractivity contribution in [2.75, 3.05) is 32.8 Å². The Morgan fingerprint density at radius 2 is 2.31 bits per heavy atom. The van der Waals surface area contributed by atoms with E-state index in [0.717, 1.165) is 38.6 Å². The summed E-state index contributed by atoms with van der Waals surface area (Å²) in [7, 11) is 0. The molecular weight excluding hydrogens is 204 g/mol. The molecule has 1 unspecified atom stereocenters. The summed E-state index contributed by atoms with van der Waals surface area (Å²) in [6, 6.07) is -0.112. The fourth-order valence-corrected chi connectivity index (χ4v) is 2.12. The van der Waals surface area contributed by atoms with Gasteiger partial charge in [0.15, 0.2) is 0 Å². The molecule has 16 heavy (non-hydrogen) atoms. The van der Waals surface area contributed by atoms with Crippen LogP contribution in [0.2, 0.25) is 0 Å². The second kappa shape index (κ2) is 5.64. The van der Waals surface area contributed by atoms with E-state index in [4.69, 9.17) is 4.74 Å². The van der Waals surface area contributed by atoms with Crippen LogP contribution in [-0.2, 0) is 9.53 Å². The summed E-state index contributed by atoms with van der Waals surface area (Å²) in [5.74, 6) is 0.994. The fourth-order valence-electron chi connectivity index (χ4n) is 2.12. The molecule has 4 heteroatoms. The SMILES string of the molecule is CCCN(CC1CC1)C(=O)C1COCCN1. The number of carbonyl (C=O) groups excluding carboxylic acids is 1. The van der Waals surface area contributed by atoms with E-state index in [1.165, 1.54) is 12.8 Å². The van der Waals surface area contributed by atoms with Gasteiger partial charge in [0, 0.05) is 19.6 Å². The Morgan fingerprint density at radius 3 is 2.88 bits per heavy atom. The minimum Gasteiger partial charge on any atom is -0.378 e. The van der Waals surface area contributed by atoms with Crippen molar-refractivity contribution in [3.05, 3.63) is 0 Å². The first-order valence-electron chi connectivity index (χ1n) is 6.41. The van der Waals surface area contributed by atoms with Crippen molar-refractivity contribution in [2.45, 2.75) is 32.2 Å². The Morgan fingerprint density at radius 1 is 1.50 bits per heavy atom. The first-order valence-corrected chi connectivity index (χ1v) is 6.41. The molecule has 1 saturated carbocycles. The van der Waals surface area contributed by atoms with E-state index in [1.54, 1.807) is 0 Å². The van der Waals surface area contributed by atoms with Crippen LogP contribution >= 0.6 is 0 Å². The van der Waals surface area contributed by atoms with Gasteiger partial charge in [-0.15, -0.1) is 0 Å². The molecule has 2 aliphatic rings. The number of morpholine rings is 1. The van der Waals surface area contributed by atoms with Gasteiger partial charge >= 0.3 is 0 Å². The van der Waals surface area contributed by atoms with Crippen LogP contribution in [0, 0.1) is 5.92 Å². The molecular formula is C12H22N2O2. The number of nitrogens with one attached hydrogen (secondary N) is 1. The van der Waals surface area contributed by atoms with Crippen molar-refractivity contribution in [2.24, 2.45) is 5.92 Å². The van der Waals surface area contributed by atoms with E-state index < -0.39 is 0 Å². The summed E-state index contributed by atoms with van der Waals surface area (Å²) >= 11 is 0. The molecule has 2 fully saturated rings. The van der Waals surface area contributed by atoms with E-state index in [9.17, 15) is 4.79 Å². The second-order valence-electron chi connectivity index (χ2n) is 4.81. The Hall–Kier alpha value is -0.610. The lowest BCUT2D eigenvalue weighted by Crippen LogP contribution is -2.53. The third-order valence-corrected chi connectivity index (χ3v) is 3.20. The summed E-state index contributed by atoms with van der Waals surface area (Å²) in [5.41, 5.74) is 0. The maximum absolute atomic E-state index is 12.2. The maximum atomic E-state index is 12.2. The van der Waals surface area contributed by atoms with E-state index in [1.807, 2.05) is 4.90 Å². The number of amides is 1. The summed E-state index contributed by atoms with van der Waals surface area (Å²) in [6.07, 6.45) is 3.62. The average Bonchev–Trinajstić information content (AvgIpc) is 3.13. The Labute approximate surface area is 97.3 Å². The van der Waals surface area contributed by atoms with Crippen LogP contribution in [0.5, 0.6) is 0 Å². The van der Waals surface area contributed by atoms with Gasteiger partial charge in [0.1, 0.15) is 6.04 Å². The molecule has 1 heterocycles. The molecule has 92 valence electrons. The Bertz CT molecular complexity index is 235. The molecule has 0 bridgehead atoms. The summed E-state index contributed by atoms with van der Waals surface area (Å²) < 4.78 is 5.34. The smallest absolute Gasteiger partial charge is 0.242 e. The van der Waals surface area contributed by atoms with Crippen molar-refractivity contribution >= 4 is 5.91 Å². The number of ether oxygens (including phenoxy) is 1. The first kappa shape index (κ1) is 11.9. The highest BCUT2D eigenvalue weighted by Gasteiger charge is 2.30. The van der Waals surface area contributed by atoms with Crippen molar-refractivity contribution in [3.63, 3.8) is 0 Å². The van der Waals surface area contributed by atoms with Gasteiger partial charge < -0.3 is 15.0 Å². The van der Waals surface area contributed by atoms with Crippen LogP contribution in [0.15, 0.2) is 0 Å². The lowest BCUT2D eigenvalue weighted by molar-refractivity contribution is -0.136. The van der Waals surface area contributed by atoms with Gasteiger partial charge in [-0.25, -0.2) is 0 Å². The summed E-state index contributed by atoms with van der Waals surface area (Å²) in [5, 5.41) is 3.24. The lowest BCUT2D eigenvalue weighted by atomic mass is 10.2. The monoisotopic (exact) mass is 226 g/mol. The number of hydrogen-bond donors (Lipinski definition) is 1. The number of carbonyl (C=O) groups is 1. The van der Waals surface area contributed by atoms with Crippen LogP contribution in [-0.4, -0.2) is 49.7 Å². The van der Waals surface area contributed by atoms with Gasteiger partial charge in [-0.1, -0.05) is 6.92 Å². The van der Waals surface area contributed by atoms with Crippen LogP contribution in [0.3, 0.4) is 0 Å². The highest BCUT2D eigenvalue weighted by molar-refractivity contribution is 5.82. The van der Waals surface area contributed by atoms with Crippen molar-refractivity contribution in [3.8, 4) is 0 Å². The molecule has 1 amide bonds. The zero-order valence-corrected chi connectivity index (χ0v) is 10.1. The number of hydrogen-bond acceptors (Lipinski definition) is 3.